The first-order valence-electron chi connectivity index (χ1n) is 11.4. The first-order chi connectivity index (χ1) is 12.4. The lowest BCUT2D eigenvalue weighted by Gasteiger charge is -2.25. The van der Waals surface area contributed by atoms with Gasteiger partial charge in [0, 0.05) is 26.4 Å². The van der Waals surface area contributed by atoms with Crippen LogP contribution in [0, 0.1) is 0 Å². The van der Waals surface area contributed by atoms with E-state index in [1.165, 1.54) is 77.0 Å². The Hall–Kier alpha value is 0.160. The molecule has 0 aliphatic rings. The Kier molecular flexibility index (Phi) is 21.2. The largest absolute Gasteiger partial charge is 1.00 e. The maximum absolute atomic E-state index is 12.1. The monoisotopic (exact) mass is 496 g/mol. The second-order valence-corrected chi connectivity index (χ2v) is 9.18. The molecule has 0 fully saturated rings. The summed E-state index contributed by atoms with van der Waals surface area (Å²) in [6, 6.07) is 0. The van der Waals surface area contributed by atoms with E-state index >= 15 is 0 Å². The van der Waals surface area contributed by atoms with Crippen LogP contribution < -0.4 is 24.0 Å². The number of carbonyl (C=O) groups is 1. The zero-order valence-corrected chi connectivity index (χ0v) is 21.4. The second kappa shape index (κ2) is 19.5. The summed E-state index contributed by atoms with van der Waals surface area (Å²) in [6.07, 6.45) is 19.5. The van der Waals surface area contributed by atoms with Crippen molar-refractivity contribution in [1.82, 2.24) is 4.90 Å². The van der Waals surface area contributed by atoms with E-state index in [2.05, 4.69) is 28.1 Å². The quantitative estimate of drug-likeness (QED) is 0.162. The Bertz CT molecular complexity index is 329. The van der Waals surface area contributed by atoms with Crippen LogP contribution in [0.15, 0.2) is 0 Å². The van der Waals surface area contributed by atoms with Crippen molar-refractivity contribution in [2.45, 2.75) is 103 Å². The second-order valence-electron chi connectivity index (χ2n) is 9.18. The number of carbonyl (C=O) groups excluding carboxylic acids is 1. The minimum atomic E-state index is 0. The lowest BCUT2D eigenvalue weighted by Crippen LogP contribution is -3.00. The van der Waals surface area contributed by atoms with Crippen LogP contribution in [0.3, 0.4) is 0 Å². The molecule has 0 radical (unpaired) electrons. The topological polar surface area (TPSA) is 20.3 Å². The Morgan fingerprint density at radius 3 is 1.52 bits per heavy atom. The molecule has 164 valence electrons. The maximum Gasteiger partial charge on any atom is 0.222 e. The predicted octanol–water partition coefficient (Wildman–Crippen LogP) is 3.03. The van der Waals surface area contributed by atoms with Crippen molar-refractivity contribution < 1.29 is 33.3 Å². The highest BCUT2D eigenvalue weighted by molar-refractivity contribution is 5.75. The van der Waals surface area contributed by atoms with Gasteiger partial charge in [0.1, 0.15) is 0 Å². The van der Waals surface area contributed by atoms with Crippen LogP contribution >= 0.6 is 0 Å². The number of unbranched alkanes of at least 4 members (excludes halogenated alkanes) is 12. The number of nitrogens with zero attached hydrogens (tertiary/aromatic N) is 2. The fourth-order valence-corrected chi connectivity index (χ4v) is 3.39. The summed E-state index contributed by atoms with van der Waals surface area (Å²) in [5.74, 6) is 0.328. The lowest BCUT2D eigenvalue weighted by molar-refractivity contribution is -0.870. The van der Waals surface area contributed by atoms with Gasteiger partial charge in [-0.05, 0) is 6.42 Å². The van der Waals surface area contributed by atoms with Crippen LogP contribution in [0.1, 0.15) is 103 Å². The van der Waals surface area contributed by atoms with Crippen molar-refractivity contribution in [1.29, 1.82) is 0 Å². The molecule has 0 heterocycles. The van der Waals surface area contributed by atoms with Crippen molar-refractivity contribution >= 4 is 5.91 Å². The summed E-state index contributed by atoms with van der Waals surface area (Å²) < 4.78 is 0.973. The van der Waals surface area contributed by atoms with E-state index in [9.17, 15) is 4.79 Å². The van der Waals surface area contributed by atoms with Crippen LogP contribution in [0.2, 0.25) is 0 Å². The molecule has 0 spiro atoms. The molecule has 0 aliphatic carbocycles. The number of hydrogen-bond donors (Lipinski definition) is 0. The fraction of sp³-hybridized carbons (Fsp3) is 0.957. The van der Waals surface area contributed by atoms with Crippen molar-refractivity contribution in [2.24, 2.45) is 0 Å². The predicted molar refractivity (Wildman–Crippen MR) is 115 cm³/mol. The number of hydrogen-bond acceptors (Lipinski definition) is 1. The van der Waals surface area contributed by atoms with E-state index in [4.69, 9.17) is 0 Å². The van der Waals surface area contributed by atoms with E-state index in [1.807, 2.05) is 11.9 Å². The molecule has 0 aromatic heterocycles. The number of amides is 1. The smallest absolute Gasteiger partial charge is 0.222 e. The normalized spacial score (nSPS) is 11.3. The summed E-state index contributed by atoms with van der Waals surface area (Å²) >= 11 is 0. The molecular weight excluding hydrogens is 447 g/mol. The highest BCUT2D eigenvalue weighted by Gasteiger charge is 2.11. The zero-order chi connectivity index (χ0) is 19.7. The minimum absolute atomic E-state index is 0. The third kappa shape index (κ3) is 22.3. The molecule has 0 bridgehead atoms. The van der Waals surface area contributed by atoms with Crippen LogP contribution in [-0.2, 0) is 4.79 Å². The molecule has 0 atom stereocenters. The van der Waals surface area contributed by atoms with E-state index in [1.54, 1.807) is 0 Å². The van der Waals surface area contributed by atoms with Crippen molar-refractivity contribution in [3.8, 4) is 0 Å². The maximum atomic E-state index is 12.1. The van der Waals surface area contributed by atoms with Gasteiger partial charge in [-0.3, -0.25) is 4.79 Å². The Morgan fingerprint density at radius 2 is 1.11 bits per heavy atom. The summed E-state index contributed by atoms with van der Waals surface area (Å²) in [7, 11) is 8.57. The number of quaternary nitrogens is 1. The zero-order valence-electron chi connectivity index (χ0n) is 19.2. The molecule has 27 heavy (non-hydrogen) atoms. The molecule has 0 aliphatic heterocycles. The van der Waals surface area contributed by atoms with Gasteiger partial charge in [-0.2, -0.15) is 0 Å². The average molecular weight is 497 g/mol. The SMILES string of the molecule is CCCCCCCCCCCCCCCC(=O)N(C)CCC[N+](C)(C)C.[I-]. The first kappa shape index (κ1) is 29.4. The standard InChI is InChI=1S/C23H49N2O.HI/c1-6-7-8-9-10-11-12-13-14-15-16-17-18-20-23(26)24(2)21-19-22-25(3,4)5;/h6-22H2,1-5H3;1H/q+1;/p-1. The van der Waals surface area contributed by atoms with Crippen LogP contribution in [-0.4, -0.2) is 56.6 Å². The molecule has 0 saturated carbocycles. The molecular formula is C23H49IN2O. The summed E-state index contributed by atoms with van der Waals surface area (Å²) in [6.45, 7) is 4.30. The molecule has 4 heteroatoms. The van der Waals surface area contributed by atoms with Gasteiger partial charge in [0.25, 0.3) is 0 Å². The van der Waals surface area contributed by atoms with Crippen molar-refractivity contribution in [2.75, 3.05) is 41.3 Å². The van der Waals surface area contributed by atoms with Gasteiger partial charge >= 0.3 is 0 Å². The van der Waals surface area contributed by atoms with Gasteiger partial charge in [0.05, 0.1) is 27.7 Å². The summed E-state index contributed by atoms with van der Waals surface area (Å²) in [4.78, 5) is 14.0. The molecule has 0 unspecified atom stereocenters. The van der Waals surface area contributed by atoms with E-state index in [0.717, 1.165) is 36.8 Å². The fourth-order valence-electron chi connectivity index (χ4n) is 3.39. The average Bonchev–Trinajstić information content (AvgIpc) is 2.57. The van der Waals surface area contributed by atoms with E-state index in [0.29, 0.717) is 5.91 Å². The summed E-state index contributed by atoms with van der Waals surface area (Å²) in [5, 5.41) is 0. The van der Waals surface area contributed by atoms with Crippen LogP contribution in [0.4, 0.5) is 0 Å². The van der Waals surface area contributed by atoms with Crippen molar-refractivity contribution in [3.05, 3.63) is 0 Å². The van der Waals surface area contributed by atoms with Crippen LogP contribution in [0.25, 0.3) is 0 Å². The molecule has 0 rings (SSSR count). The number of rotatable bonds is 18. The van der Waals surface area contributed by atoms with Gasteiger partial charge < -0.3 is 33.4 Å². The van der Waals surface area contributed by atoms with Gasteiger partial charge in [-0.1, -0.05) is 84.0 Å². The van der Waals surface area contributed by atoms with Gasteiger partial charge in [0.15, 0.2) is 0 Å². The molecule has 0 saturated heterocycles. The number of halogens is 1. The van der Waals surface area contributed by atoms with Gasteiger partial charge in [-0.25, -0.2) is 0 Å². The lowest BCUT2D eigenvalue weighted by atomic mass is 10.0. The van der Waals surface area contributed by atoms with E-state index in [-0.39, 0.29) is 24.0 Å². The first-order valence-corrected chi connectivity index (χ1v) is 11.4. The molecule has 3 nitrogen and oxygen atoms in total. The molecule has 0 aromatic carbocycles. The Balaban J connectivity index is 0. The van der Waals surface area contributed by atoms with E-state index < -0.39 is 0 Å². The minimum Gasteiger partial charge on any atom is -1.00 e. The van der Waals surface area contributed by atoms with Crippen LogP contribution in [0.5, 0.6) is 0 Å². The highest BCUT2D eigenvalue weighted by atomic mass is 127. The Labute approximate surface area is 188 Å². The van der Waals surface area contributed by atoms with Gasteiger partial charge in [-0.15, -0.1) is 0 Å². The molecule has 0 aromatic rings. The molecule has 1 amide bonds. The highest BCUT2D eigenvalue weighted by Crippen LogP contribution is 2.13. The van der Waals surface area contributed by atoms with Gasteiger partial charge in [0.2, 0.25) is 5.91 Å². The third-order valence-electron chi connectivity index (χ3n) is 5.24. The third-order valence-corrected chi connectivity index (χ3v) is 5.24. The van der Waals surface area contributed by atoms with Crippen molar-refractivity contribution in [3.63, 3.8) is 0 Å². The Morgan fingerprint density at radius 1 is 0.704 bits per heavy atom. The molecule has 0 N–H and O–H groups in total. The summed E-state index contributed by atoms with van der Waals surface area (Å²) in [5.41, 5.74) is 0.